The second kappa shape index (κ2) is 7.68. The summed E-state index contributed by atoms with van der Waals surface area (Å²) in [5.74, 6) is 0.479. The average Bonchev–Trinajstić information content (AvgIpc) is 3.10. The summed E-state index contributed by atoms with van der Waals surface area (Å²) >= 11 is 3.47. The summed E-state index contributed by atoms with van der Waals surface area (Å²) in [5, 5.41) is 2.97. The molecular weight excluding hydrogens is 411 g/mol. The molecule has 1 fully saturated rings. The lowest BCUT2D eigenvalue weighted by Gasteiger charge is -2.31. The zero-order chi connectivity index (χ0) is 18.8. The number of H-pyrrole nitrogens is 1. The molecule has 2 aromatic carbocycles. The second-order valence-corrected chi connectivity index (χ2v) is 7.77. The summed E-state index contributed by atoms with van der Waals surface area (Å²) in [4.78, 5) is 22.7. The van der Waals surface area contributed by atoms with E-state index in [4.69, 9.17) is 0 Å². The highest BCUT2D eigenvalue weighted by Gasteiger charge is 2.27. The van der Waals surface area contributed by atoms with E-state index in [-0.39, 0.29) is 17.6 Å². The van der Waals surface area contributed by atoms with Crippen LogP contribution in [0, 0.1) is 11.7 Å². The first-order valence-corrected chi connectivity index (χ1v) is 9.80. The number of nitrogens with zero attached hydrogens (tertiary/aromatic N) is 2. The predicted octanol–water partition coefficient (Wildman–Crippen LogP) is 4.00. The molecule has 1 aliphatic rings. The number of benzene rings is 2. The topological polar surface area (TPSA) is 61.0 Å². The third-order valence-electron chi connectivity index (χ3n) is 4.90. The van der Waals surface area contributed by atoms with Gasteiger partial charge in [-0.2, -0.15) is 0 Å². The number of aromatic amines is 1. The van der Waals surface area contributed by atoms with E-state index in [1.165, 1.54) is 12.1 Å². The van der Waals surface area contributed by atoms with Gasteiger partial charge in [-0.15, -0.1) is 0 Å². The summed E-state index contributed by atoms with van der Waals surface area (Å²) in [6.45, 7) is 1.92. The molecule has 0 aliphatic carbocycles. The number of carbonyl (C=O) groups is 1. The number of carbonyl (C=O) groups excluding carboxylic acids is 1. The van der Waals surface area contributed by atoms with E-state index in [1.54, 1.807) is 12.1 Å². The van der Waals surface area contributed by atoms with Gasteiger partial charge >= 0.3 is 0 Å². The zero-order valence-corrected chi connectivity index (χ0v) is 16.3. The molecule has 0 radical (unpaired) electrons. The lowest BCUT2D eigenvalue weighted by atomic mass is 9.97. The summed E-state index contributed by atoms with van der Waals surface area (Å²) in [7, 11) is 0. The van der Waals surface area contributed by atoms with Gasteiger partial charge in [-0.1, -0.05) is 28.1 Å². The third kappa shape index (κ3) is 4.13. The highest BCUT2D eigenvalue weighted by molar-refractivity contribution is 9.10. The Hall–Kier alpha value is -2.41. The lowest BCUT2D eigenvalue weighted by Crippen LogP contribution is -2.43. The molecule has 1 atom stereocenters. The largest absolute Gasteiger partial charge is 0.352 e. The minimum absolute atomic E-state index is 0.0304. The first kappa shape index (κ1) is 18.0. The lowest BCUT2D eigenvalue weighted by molar-refractivity contribution is -0.125. The van der Waals surface area contributed by atoms with Crippen LogP contribution in [0.1, 0.15) is 18.4 Å². The molecule has 1 aromatic heterocycles. The smallest absolute Gasteiger partial charge is 0.225 e. The number of fused-ring (bicyclic) bond motifs is 1. The maximum atomic E-state index is 13.0. The number of amides is 1. The molecule has 27 heavy (non-hydrogen) atoms. The summed E-state index contributed by atoms with van der Waals surface area (Å²) in [6.07, 6.45) is 1.80. The fourth-order valence-electron chi connectivity index (χ4n) is 3.44. The molecule has 1 saturated heterocycles. The molecular formula is C20H20BrFN4O. The Morgan fingerprint density at radius 3 is 2.93 bits per heavy atom. The molecule has 0 spiro atoms. The molecule has 140 valence electrons. The van der Waals surface area contributed by atoms with Gasteiger partial charge in [-0.3, -0.25) is 4.79 Å². The number of hydrogen-bond acceptors (Lipinski definition) is 3. The third-order valence-corrected chi connectivity index (χ3v) is 5.40. The van der Waals surface area contributed by atoms with Crippen molar-refractivity contribution < 1.29 is 9.18 Å². The van der Waals surface area contributed by atoms with Crippen LogP contribution >= 0.6 is 15.9 Å². The van der Waals surface area contributed by atoms with Crippen LogP contribution in [0.4, 0.5) is 10.3 Å². The van der Waals surface area contributed by atoms with E-state index in [0.717, 1.165) is 46.4 Å². The second-order valence-electron chi connectivity index (χ2n) is 6.85. The van der Waals surface area contributed by atoms with Gasteiger partial charge in [0.05, 0.1) is 17.0 Å². The van der Waals surface area contributed by atoms with E-state index in [0.29, 0.717) is 13.1 Å². The first-order chi connectivity index (χ1) is 13.1. The van der Waals surface area contributed by atoms with Crippen LogP contribution in [0.2, 0.25) is 0 Å². The SMILES string of the molecule is O=C(NCc1ccc(F)cc1)C1CCCN(c2nc3ccc(Br)cc3[nH]2)C1. The van der Waals surface area contributed by atoms with E-state index in [2.05, 4.69) is 36.1 Å². The van der Waals surface area contributed by atoms with Gasteiger partial charge in [-0.25, -0.2) is 9.37 Å². The Bertz CT molecular complexity index is 956. The maximum Gasteiger partial charge on any atom is 0.225 e. The van der Waals surface area contributed by atoms with Crippen LogP contribution in [0.15, 0.2) is 46.9 Å². The normalized spacial score (nSPS) is 17.3. The molecule has 1 aliphatic heterocycles. The number of aromatic nitrogens is 2. The van der Waals surface area contributed by atoms with Crippen molar-refractivity contribution >= 4 is 38.8 Å². The highest BCUT2D eigenvalue weighted by atomic mass is 79.9. The van der Waals surface area contributed by atoms with Gasteiger partial charge in [0.2, 0.25) is 11.9 Å². The van der Waals surface area contributed by atoms with Crippen molar-refractivity contribution in [3.8, 4) is 0 Å². The molecule has 5 nitrogen and oxygen atoms in total. The van der Waals surface area contributed by atoms with Gasteiger partial charge in [0.1, 0.15) is 5.82 Å². The van der Waals surface area contributed by atoms with Crippen LogP contribution in [0.25, 0.3) is 11.0 Å². The number of rotatable bonds is 4. The Balaban J connectivity index is 1.40. The van der Waals surface area contributed by atoms with Crippen LogP contribution < -0.4 is 10.2 Å². The van der Waals surface area contributed by atoms with Gasteiger partial charge in [0.15, 0.2) is 0 Å². The van der Waals surface area contributed by atoms with Crippen molar-refractivity contribution in [3.05, 3.63) is 58.3 Å². The number of hydrogen-bond donors (Lipinski definition) is 2. The zero-order valence-electron chi connectivity index (χ0n) is 14.7. The molecule has 2 N–H and O–H groups in total. The summed E-state index contributed by atoms with van der Waals surface area (Å²) < 4.78 is 14.0. The summed E-state index contributed by atoms with van der Waals surface area (Å²) in [5.41, 5.74) is 2.78. The highest BCUT2D eigenvalue weighted by Crippen LogP contribution is 2.25. The minimum atomic E-state index is -0.272. The Morgan fingerprint density at radius 2 is 2.11 bits per heavy atom. The Labute approximate surface area is 165 Å². The van der Waals surface area contributed by atoms with Crippen LogP contribution in [-0.2, 0) is 11.3 Å². The van der Waals surface area contributed by atoms with E-state index < -0.39 is 0 Å². The molecule has 3 aromatic rings. The van der Waals surface area contributed by atoms with Crippen molar-refractivity contribution in [2.75, 3.05) is 18.0 Å². The monoisotopic (exact) mass is 430 g/mol. The molecule has 7 heteroatoms. The standard InChI is InChI=1S/C20H20BrFN4O/c21-15-5-8-17-18(10-15)25-20(24-17)26-9-1-2-14(12-26)19(27)23-11-13-3-6-16(22)7-4-13/h3-8,10,14H,1-2,9,11-12H2,(H,23,27)(H,24,25). The minimum Gasteiger partial charge on any atom is -0.352 e. The maximum absolute atomic E-state index is 13.0. The Kier molecular flexibility index (Phi) is 5.11. The summed E-state index contributed by atoms with van der Waals surface area (Å²) in [6, 6.07) is 12.1. The molecule has 0 bridgehead atoms. The van der Waals surface area contributed by atoms with Crippen molar-refractivity contribution in [3.63, 3.8) is 0 Å². The number of anilines is 1. The van der Waals surface area contributed by atoms with Crippen LogP contribution in [0.3, 0.4) is 0 Å². The van der Waals surface area contributed by atoms with E-state index in [1.807, 2.05) is 18.2 Å². The molecule has 1 amide bonds. The number of piperidine rings is 1. The molecule has 4 rings (SSSR count). The van der Waals surface area contributed by atoms with Gasteiger partial charge in [0, 0.05) is 24.1 Å². The first-order valence-electron chi connectivity index (χ1n) is 9.01. The number of nitrogens with one attached hydrogen (secondary N) is 2. The molecule has 2 heterocycles. The number of halogens is 2. The average molecular weight is 431 g/mol. The van der Waals surface area contributed by atoms with Crippen molar-refractivity contribution in [2.24, 2.45) is 5.92 Å². The van der Waals surface area contributed by atoms with Crippen LogP contribution in [0.5, 0.6) is 0 Å². The van der Waals surface area contributed by atoms with Crippen LogP contribution in [-0.4, -0.2) is 29.0 Å². The van der Waals surface area contributed by atoms with E-state index in [9.17, 15) is 9.18 Å². The fraction of sp³-hybridized carbons (Fsp3) is 0.300. The molecule has 0 saturated carbocycles. The van der Waals surface area contributed by atoms with Gasteiger partial charge in [-0.05, 0) is 48.7 Å². The van der Waals surface area contributed by atoms with Crippen molar-refractivity contribution in [2.45, 2.75) is 19.4 Å². The predicted molar refractivity (Wildman–Crippen MR) is 107 cm³/mol. The number of imidazole rings is 1. The van der Waals surface area contributed by atoms with Crippen molar-refractivity contribution in [1.82, 2.24) is 15.3 Å². The van der Waals surface area contributed by atoms with Gasteiger partial charge in [0.25, 0.3) is 0 Å². The van der Waals surface area contributed by atoms with Crippen molar-refractivity contribution in [1.29, 1.82) is 0 Å². The fourth-order valence-corrected chi connectivity index (χ4v) is 3.80. The van der Waals surface area contributed by atoms with Gasteiger partial charge < -0.3 is 15.2 Å². The Morgan fingerprint density at radius 1 is 1.30 bits per heavy atom. The molecule has 1 unspecified atom stereocenters. The quantitative estimate of drug-likeness (QED) is 0.657. The van der Waals surface area contributed by atoms with E-state index >= 15 is 0 Å².